The second kappa shape index (κ2) is 9.42. The average molecular weight is 400 g/mol. The lowest BCUT2D eigenvalue weighted by Gasteiger charge is -2.43. The molecule has 2 saturated heterocycles. The standard InChI is InChI=1S/C23H33N3O3/c1-16(2)12-21-23(29)25-14-19(24-17(3)27)13-20(25)15-26(21)22(28)11-7-10-18-8-5-4-6-9-18/h4-6,8-9,16,19-21H,7,10-15H2,1-3H3,(H,24,27)/t19-,20-,21-/m0/s1. The van der Waals surface area contributed by atoms with Crippen molar-refractivity contribution in [3.8, 4) is 0 Å². The van der Waals surface area contributed by atoms with Crippen LogP contribution in [0.3, 0.4) is 0 Å². The molecule has 6 heteroatoms. The van der Waals surface area contributed by atoms with Crippen molar-refractivity contribution < 1.29 is 14.4 Å². The van der Waals surface area contributed by atoms with Gasteiger partial charge in [0, 0.05) is 32.5 Å². The van der Waals surface area contributed by atoms with Crippen molar-refractivity contribution in [2.24, 2.45) is 5.92 Å². The number of benzene rings is 1. The minimum absolute atomic E-state index is 0.000774. The van der Waals surface area contributed by atoms with E-state index in [9.17, 15) is 14.4 Å². The first-order chi connectivity index (χ1) is 13.8. The summed E-state index contributed by atoms with van der Waals surface area (Å²) >= 11 is 0. The van der Waals surface area contributed by atoms with Crippen LogP contribution in [0.4, 0.5) is 0 Å². The first-order valence-electron chi connectivity index (χ1n) is 10.8. The van der Waals surface area contributed by atoms with Crippen LogP contribution in [0.25, 0.3) is 0 Å². The fraction of sp³-hybridized carbons (Fsp3) is 0.609. The van der Waals surface area contributed by atoms with Crippen LogP contribution in [0.5, 0.6) is 0 Å². The van der Waals surface area contributed by atoms with Crippen molar-refractivity contribution in [3.63, 3.8) is 0 Å². The van der Waals surface area contributed by atoms with E-state index in [0.717, 1.165) is 12.8 Å². The Balaban J connectivity index is 1.65. The quantitative estimate of drug-likeness (QED) is 0.765. The lowest BCUT2D eigenvalue weighted by molar-refractivity contribution is -0.154. The molecule has 0 bridgehead atoms. The number of amides is 3. The molecule has 0 saturated carbocycles. The third-order valence-electron chi connectivity index (χ3n) is 5.89. The Morgan fingerprint density at radius 2 is 1.90 bits per heavy atom. The zero-order chi connectivity index (χ0) is 21.0. The fourth-order valence-electron chi connectivity index (χ4n) is 4.61. The molecule has 6 nitrogen and oxygen atoms in total. The zero-order valence-corrected chi connectivity index (χ0v) is 17.8. The molecule has 158 valence electrons. The van der Waals surface area contributed by atoms with Gasteiger partial charge in [0.15, 0.2) is 0 Å². The number of aryl methyl sites for hydroxylation is 1. The van der Waals surface area contributed by atoms with Gasteiger partial charge in [-0.1, -0.05) is 44.2 Å². The third-order valence-corrected chi connectivity index (χ3v) is 5.89. The molecular weight excluding hydrogens is 366 g/mol. The zero-order valence-electron chi connectivity index (χ0n) is 17.8. The van der Waals surface area contributed by atoms with E-state index in [0.29, 0.717) is 38.3 Å². The molecule has 1 aromatic carbocycles. The maximum atomic E-state index is 13.2. The SMILES string of the molecule is CC(=O)N[C@H]1C[C@H]2CN(C(=O)CCCc3ccccc3)[C@@H](CC(C)C)C(=O)N2C1. The van der Waals surface area contributed by atoms with E-state index < -0.39 is 0 Å². The Labute approximate surface area is 173 Å². The number of hydrogen-bond acceptors (Lipinski definition) is 3. The third kappa shape index (κ3) is 5.37. The van der Waals surface area contributed by atoms with Crippen molar-refractivity contribution in [1.82, 2.24) is 15.1 Å². The van der Waals surface area contributed by atoms with Crippen molar-refractivity contribution >= 4 is 17.7 Å². The number of carbonyl (C=O) groups is 3. The highest BCUT2D eigenvalue weighted by Crippen LogP contribution is 2.29. The second-order valence-corrected chi connectivity index (χ2v) is 8.81. The van der Waals surface area contributed by atoms with Gasteiger partial charge >= 0.3 is 0 Å². The molecule has 0 unspecified atom stereocenters. The Hall–Kier alpha value is -2.37. The maximum Gasteiger partial charge on any atom is 0.245 e. The summed E-state index contributed by atoms with van der Waals surface area (Å²) in [5.41, 5.74) is 1.23. The van der Waals surface area contributed by atoms with Gasteiger partial charge in [0.1, 0.15) is 6.04 Å². The Morgan fingerprint density at radius 1 is 1.17 bits per heavy atom. The van der Waals surface area contributed by atoms with E-state index in [1.54, 1.807) is 0 Å². The first-order valence-corrected chi connectivity index (χ1v) is 10.8. The topological polar surface area (TPSA) is 69.7 Å². The number of hydrogen-bond donors (Lipinski definition) is 1. The van der Waals surface area contributed by atoms with Crippen molar-refractivity contribution in [2.45, 2.75) is 71.0 Å². The van der Waals surface area contributed by atoms with Crippen LogP contribution in [-0.4, -0.2) is 58.7 Å². The molecule has 2 fully saturated rings. The summed E-state index contributed by atoms with van der Waals surface area (Å²) in [6.07, 6.45) is 3.50. The Kier molecular flexibility index (Phi) is 6.93. The van der Waals surface area contributed by atoms with Gasteiger partial charge in [-0.05, 0) is 37.2 Å². The summed E-state index contributed by atoms with van der Waals surface area (Å²) in [5, 5.41) is 2.93. The van der Waals surface area contributed by atoms with E-state index in [2.05, 4.69) is 31.3 Å². The van der Waals surface area contributed by atoms with Gasteiger partial charge in [0.05, 0.1) is 6.04 Å². The van der Waals surface area contributed by atoms with Crippen LogP contribution in [-0.2, 0) is 20.8 Å². The van der Waals surface area contributed by atoms with Gasteiger partial charge < -0.3 is 15.1 Å². The second-order valence-electron chi connectivity index (χ2n) is 8.81. The summed E-state index contributed by atoms with van der Waals surface area (Å²) in [6, 6.07) is 9.77. The molecule has 1 N–H and O–H groups in total. The molecule has 0 spiro atoms. The highest BCUT2D eigenvalue weighted by atomic mass is 16.2. The number of piperazine rings is 1. The smallest absolute Gasteiger partial charge is 0.245 e. The van der Waals surface area contributed by atoms with Crippen LogP contribution in [0.1, 0.15) is 52.0 Å². The van der Waals surface area contributed by atoms with Gasteiger partial charge in [0.2, 0.25) is 17.7 Å². The van der Waals surface area contributed by atoms with Crippen molar-refractivity contribution in [3.05, 3.63) is 35.9 Å². The summed E-state index contributed by atoms with van der Waals surface area (Å²) < 4.78 is 0. The predicted molar refractivity (Wildman–Crippen MR) is 112 cm³/mol. The monoisotopic (exact) mass is 399 g/mol. The van der Waals surface area contributed by atoms with Gasteiger partial charge in [0.25, 0.3) is 0 Å². The number of fused-ring (bicyclic) bond motifs is 1. The van der Waals surface area contributed by atoms with E-state index >= 15 is 0 Å². The number of rotatable bonds is 7. The molecule has 0 aliphatic carbocycles. The largest absolute Gasteiger partial charge is 0.352 e. The molecule has 0 radical (unpaired) electrons. The summed E-state index contributed by atoms with van der Waals surface area (Å²) in [6.45, 7) is 6.80. The van der Waals surface area contributed by atoms with Crippen LogP contribution < -0.4 is 5.32 Å². The number of nitrogens with zero attached hydrogens (tertiary/aromatic N) is 2. The van der Waals surface area contributed by atoms with E-state index in [4.69, 9.17) is 0 Å². The summed E-state index contributed by atoms with van der Waals surface area (Å²) in [5.74, 6) is 0.366. The molecule has 3 atom stereocenters. The number of carbonyl (C=O) groups excluding carboxylic acids is 3. The van der Waals surface area contributed by atoms with Gasteiger partial charge in [-0.3, -0.25) is 14.4 Å². The molecule has 2 heterocycles. The molecule has 29 heavy (non-hydrogen) atoms. The van der Waals surface area contributed by atoms with Gasteiger partial charge in [-0.15, -0.1) is 0 Å². The van der Waals surface area contributed by atoms with E-state index in [1.807, 2.05) is 28.0 Å². The van der Waals surface area contributed by atoms with Crippen LogP contribution in [0.2, 0.25) is 0 Å². The van der Waals surface area contributed by atoms with E-state index in [1.165, 1.54) is 12.5 Å². The molecule has 3 rings (SSSR count). The fourth-order valence-corrected chi connectivity index (χ4v) is 4.61. The molecule has 2 aliphatic rings. The molecule has 3 amide bonds. The maximum absolute atomic E-state index is 13.2. The van der Waals surface area contributed by atoms with Crippen LogP contribution in [0, 0.1) is 5.92 Å². The molecular formula is C23H33N3O3. The molecule has 1 aromatic rings. The van der Waals surface area contributed by atoms with E-state index in [-0.39, 0.29) is 35.8 Å². The normalized spacial score (nSPS) is 24.0. The van der Waals surface area contributed by atoms with Crippen molar-refractivity contribution in [2.75, 3.05) is 13.1 Å². The minimum atomic E-state index is -0.383. The van der Waals surface area contributed by atoms with Crippen LogP contribution >= 0.6 is 0 Å². The van der Waals surface area contributed by atoms with Gasteiger partial charge in [-0.25, -0.2) is 0 Å². The minimum Gasteiger partial charge on any atom is -0.352 e. The van der Waals surface area contributed by atoms with Crippen LogP contribution in [0.15, 0.2) is 30.3 Å². The summed E-state index contributed by atoms with van der Waals surface area (Å²) in [7, 11) is 0. The first kappa shape index (κ1) is 21.3. The highest BCUT2D eigenvalue weighted by Gasteiger charge is 2.46. The highest BCUT2D eigenvalue weighted by molar-refractivity contribution is 5.89. The van der Waals surface area contributed by atoms with Gasteiger partial charge in [-0.2, -0.15) is 0 Å². The lowest BCUT2D eigenvalue weighted by atomic mass is 9.96. The van der Waals surface area contributed by atoms with Crippen molar-refractivity contribution in [1.29, 1.82) is 0 Å². The molecule has 0 aromatic heterocycles. The molecule has 2 aliphatic heterocycles. The lowest BCUT2D eigenvalue weighted by Crippen LogP contribution is -2.61. The average Bonchev–Trinajstić information content (AvgIpc) is 3.06. The number of nitrogens with one attached hydrogen (secondary N) is 1. The Morgan fingerprint density at radius 3 is 2.55 bits per heavy atom. The summed E-state index contributed by atoms with van der Waals surface area (Å²) in [4.78, 5) is 41.4. The Bertz CT molecular complexity index is 734. The predicted octanol–water partition coefficient (Wildman–Crippen LogP) is 2.37.